The van der Waals surface area contributed by atoms with Gasteiger partial charge in [-0.15, -0.1) is 0 Å². The monoisotopic (exact) mass is 362 g/mol. The molecule has 0 amide bonds. The summed E-state index contributed by atoms with van der Waals surface area (Å²) < 4.78 is 26.9. The number of sulfonamides is 1. The number of hydrogen-bond donors (Lipinski definition) is 0. The van der Waals surface area contributed by atoms with Crippen molar-refractivity contribution in [3.05, 3.63) is 69.8 Å². The molecule has 134 valence electrons. The van der Waals surface area contributed by atoms with Crippen LogP contribution in [-0.4, -0.2) is 24.7 Å². The molecular formula is C18H22N2O4S. The van der Waals surface area contributed by atoms with Gasteiger partial charge in [0, 0.05) is 25.2 Å². The maximum atomic E-state index is 12.8. The van der Waals surface area contributed by atoms with Crippen LogP contribution >= 0.6 is 0 Å². The molecule has 0 radical (unpaired) electrons. The zero-order valence-corrected chi connectivity index (χ0v) is 15.4. The Hall–Kier alpha value is -2.25. The van der Waals surface area contributed by atoms with E-state index in [1.165, 1.54) is 23.5 Å². The second-order valence-corrected chi connectivity index (χ2v) is 7.94. The van der Waals surface area contributed by atoms with Gasteiger partial charge in [0.1, 0.15) is 0 Å². The van der Waals surface area contributed by atoms with E-state index in [2.05, 4.69) is 6.92 Å². The Kier molecular flexibility index (Phi) is 5.92. The van der Waals surface area contributed by atoms with Crippen molar-refractivity contribution in [2.75, 3.05) is 7.05 Å². The molecule has 0 saturated carbocycles. The van der Waals surface area contributed by atoms with E-state index in [1.807, 2.05) is 12.1 Å². The highest BCUT2D eigenvalue weighted by atomic mass is 32.2. The summed E-state index contributed by atoms with van der Waals surface area (Å²) in [5.74, 6) is 0. The van der Waals surface area contributed by atoms with Crippen LogP contribution in [0.5, 0.6) is 0 Å². The molecule has 0 aliphatic carbocycles. The predicted molar refractivity (Wildman–Crippen MR) is 96.9 cm³/mol. The van der Waals surface area contributed by atoms with Crippen LogP contribution < -0.4 is 0 Å². The highest BCUT2D eigenvalue weighted by Gasteiger charge is 2.27. The minimum atomic E-state index is -3.69. The van der Waals surface area contributed by atoms with Crippen LogP contribution in [0, 0.1) is 10.1 Å². The third kappa shape index (κ3) is 4.24. The maximum absolute atomic E-state index is 12.8. The molecule has 2 rings (SSSR count). The van der Waals surface area contributed by atoms with Crippen molar-refractivity contribution in [2.45, 2.75) is 37.6 Å². The van der Waals surface area contributed by atoms with Crippen LogP contribution in [0.1, 0.15) is 37.4 Å². The van der Waals surface area contributed by atoms with Crippen LogP contribution in [0.4, 0.5) is 5.69 Å². The summed E-state index contributed by atoms with van der Waals surface area (Å²) in [7, 11) is -2.20. The first kappa shape index (κ1) is 19.1. The SMILES string of the molecule is CCCc1ccc(S(=O)(=O)N(C)C(C)c2cccc([N+](=O)[O-])c2)cc1. The van der Waals surface area contributed by atoms with Gasteiger partial charge in [0.25, 0.3) is 5.69 Å². The van der Waals surface area contributed by atoms with Crippen molar-refractivity contribution >= 4 is 15.7 Å². The number of hydrogen-bond acceptors (Lipinski definition) is 4. The van der Waals surface area contributed by atoms with Crippen LogP contribution in [0.15, 0.2) is 53.4 Å². The summed E-state index contributed by atoms with van der Waals surface area (Å²) in [6.45, 7) is 3.78. The summed E-state index contributed by atoms with van der Waals surface area (Å²) in [4.78, 5) is 10.6. The van der Waals surface area contributed by atoms with Crippen LogP contribution in [-0.2, 0) is 16.4 Å². The lowest BCUT2D eigenvalue weighted by Gasteiger charge is -2.24. The Balaban J connectivity index is 2.29. The largest absolute Gasteiger partial charge is 0.269 e. The average molecular weight is 362 g/mol. The molecule has 0 aliphatic heterocycles. The van der Waals surface area contributed by atoms with Gasteiger partial charge >= 0.3 is 0 Å². The third-order valence-electron chi connectivity index (χ3n) is 4.25. The van der Waals surface area contributed by atoms with Gasteiger partial charge < -0.3 is 0 Å². The van der Waals surface area contributed by atoms with Crippen LogP contribution in [0.2, 0.25) is 0 Å². The first-order valence-electron chi connectivity index (χ1n) is 8.08. The normalized spacial score (nSPS) is 13.0. The molecule has 0 heterocycles. The Morgan fingerprint density at radius 3 is 2.36 bits per heavy atom. The zero-order chi connectivity index (χ0) is 18.6. The van der Waals surface area contributed by atoms with Gasteiger partial charge in [0.05, 0.1) is 9.82 Å². The first-order valence-corrected chi connectivity index (χ1v) is 9.52. The van der Waals surface area contributed by atoms with Gasteiger partial charge in [-0.3, -0.25) is 10.1 Å². The minimum Gasteiger partial charge on any atom is -0.258 e. The van der Waals surface area contributed by atoms with Crippen molar-refractivity contribution in [1.82, 2.24) is 4.31 Å². The summed E-state index contributed by atoms with van der Waals surface area (Å²) in [6, 6.07) is 12.4. The fourth-order valence-corrected chi connectivity index (χ4v) is 3.95. The molecule has 0 spiro atoms. The van der Waals surface area contributed by atoms with Gasteiger partial charge in [-0.05, 0) is 36.6 Å². The van der Waals surface area contributed by atoms with E-state index >= 15 is 0 Å². The fourth-order valence-electron chi connectivity index (χ4n) is 2.60. The summed E-state index contributed by atoms with van der Waals surface area (Å²) in [5, 5.41) is 10.9. The lowest BCUT2D eigenvalue weighted by molar-refractivity contribution is -0.384. The van der Waals surface area contributed by atoms with Crippen molar-refractivity contribution < 1.29 is 13.3 Å². The van der Waals surface area contributed by atoms with Crippen molar-refractivity contribution in [1.29, 1.82) is 0 Å². The lowest BCUT2D eigenvalue weighted by Crippen LogP contribution is -2.29. The van der Waals surface area contributed by atoms with Gasteiger partial charge in [-0.2, -0.15) is 4.31 Å². The highest BCUT2D eigenvalue weighted by molar-refractivity contribution is 7.89. The van der Waals surface area contributed by atoms with Crippen molar-refractivity contribution in [3.63, 3.8) is 0 Å². The lowest BCUT2D eigenvalue weighted by atomic mass is 10.1. The summed E-state index contributed by atoms with van der Waals surface area (Å²) >= 11 is 0. The Morgan fingerprint density at radius 2 is 1.80 bits per heavy atom. The van der Waals surface area contributed by atoms with E-state index in [4.69, 9.17) is 0 Å². The van der Waals surface area contributed by atoms with Gasteiger partial charge in [-0.25, -0.2) is 8.42 Å². The second-order valence-electron chi connectivity index (χ2n) is 5.94. The molecule has 25 heavy (non-hydrogen) atoms. The van der Waals surface area contributed by atoms with E-state index in [1.54, 1.807) is 31.2 Å². The topological polar surface area (TPSA) is 80.5 Å². The van der Waals surface area contributed by atoms with Gasteiger partial charge in [-0.1, -0.05) is 37.6 Å². The standard InChI is InChI=1S/C18H22N2O4S/c1-4-6-15-9-11-18(12-10-15)25(23,24)19(3)14(2)16-7-5-8-17(13-16)20(21)22/h5,7-14H,4,6H2,1-3H3. The van der Waals surface area contributed by atoms with E-state index in [0.717, 1.165) is 18.4 Å². The quantitative estimate of drug-likeness (QED) is 0.552. The van der Waals surface area contributed by atoms with Gasteiger partial charge in [0.15, 0.2) is 0 Å². The molecule has 0 aliphatic rings. The Bertz CT molecular complexity index is 848. The molecule has 0 saturated heterocycles. The molecule has 0 fully saturated rings. The molecule has 6 nitrogen and oxygen atoms in total. The number of aryl methyl sites for hydroxylation is 1. The Labute approximate surface area is 148 Å². The zero-order valence-electron chi connectivity index (χ0n) is 14.5. The molecule has 1 unspecified atom stereocenters. The van der Waals surface area contributed by atoms with Crippen molar-refractivity contribution in [3.8, 4) is 0 Å². The number of nitro groups is 1. The van der Waals surface area contributed by atoms with E-state index in [-0.39, 0.29) is 10.6 Å². The molecule has 2 aromatic carbocycles. The first-order chi connectivity index (χ1) is 11.8. The number of nitrogens with zero attached hydrogens (tertiary/aromatic N) is 2. The van der Waals surface area contributed by atoms with Gasteiger partial charge in [0.2, 0.25) is 10.0 Å². The summed E-state index contributed by atoms with van der Waals surface area (Å²) in [6.07, 6.45) is 1.90. The van der Waals surface area contributed by atoms with E-state index < -0.39 is 21.0 Å². The number of rotatable bonds is 7. The smallest absolute Gasteiger partial charge is 0.258 e. The molecule has 0 N–H and O–H groups in total. The molecule has 0 bridgehead atoms. The highest BCUT2D eigenvalue weighted by Crippen LogP contribution is 2.28. The second kappa shape index (κ2) is 7.76. The molecular weight excluding hydrogens is 340 g/mol. The van der Waals surface area contributed by atoms with Crippen molar-refractivity contribution in [2.24, 2.45) is 0 Å². The number of benzene rings is 2. The minimum absolute atomic E-state index is 0.0564. The maximum Gasteiger partial charge on any atom is 0.269 e. The third-order valence-corrected chi connectivity index (χ3v) is 6.19. The van der Waals surface area contributed by atoms with Crippen LogP contribution in [0.3, 0.4) is 0 Å². The van der Waals surface area contributed by atoms with E-state index in [0.29, 0.717) is 5.56 Å². The molecule has 2 aromatic rings. The predicted octanol–water partition coefficient (Wildman–Crippen LogP) is 3.93. The van der Waals surface area contributed by atoms with E-state index in [9.17, 15) is 18.5 Å². The fraction of sp³-hybridized carbons (Fsp3) is 0.333. The molecule has 7 heteroatoms. The Morgan fingerprint density at radius 1 is 1.16 bits per heavy atom. The number of non-ortho nitro benzene ring substituents is 1. The summed E-state index contributed by atoms with van der Waals surface area (Å²) in [5.41, 5.74) is 1.61. The van der Waals surface area contributed by atoms with Crippen LogP contribution in [0.25, 0.3) is 0 Å². The number of nitro benzene ring substituents is 1. The molecule has 0 aromatic heterocycles. The molecule has 1 atom stereocenters. The average Bonchev–Trinajstić information content (AvgIpc) is 2.61.